The molecule has 5 aliphatic rings. The highest BCUT2D eigenvalue weighted by atomic mass is 16.7. The van der Waals surface area contributed by atoms with Crippen LogP contribution in [0, 0.1) is 0 Å². The molecule has 24 N–H and O–H groups in total. The van der Waals surface area contributed by atoms with Gasteiger partial charge >= 0.3 is 17.9 Å². The number of aliphatic hydroxyl groups is 12. The van der Waals surface area contributed by atoms with E-state index >= 15 is 0 Å². The predicted octanol–water partition coefficient (Wildman–Crippen LogP) is -8.37. The van der Waals surface area contributed by atoms with Crippen LogP contribution < -0.4 is 63.8 Å². The van der Waals surface area contributed by atoms with Gasteiger partial charge in [-0.2, -0.15) is 0 Å². The summed E-state index contributed by atoms with van der Waals surface area (Å²) < 4.78 is 88.2. The summed E-state index contributed by atoms with van der Waals surface area (Å²) in [6, 6.07) is -5.12. The van der Waals surface area contributed by atoms with E-state index in [1.165, 1.54) is 55.4 Å². The third-order valence-electron chi connectivity index (χ3n) is 22.7. The van der Waals surface area contributed by atoms with Crippen molar-refractivity contribution in [1.82, 2.24) is 63.8 Å². The Kier molecular flexibility index (Phi) is 65.0. The van der Waals surface area contributed by atoms with Crippen LogP contribution in [-0.4, -0.2) is 453 Å². The molecule has 25 atom stereocenters. The second-order valence-corrected chi connectivity index (χ2v) is 36.5. The van der Waals surface area contributed by atoms with E-state index in [9.17, 15) is 123 Å². The van der Waals surface area contributed by atoms with Gasteiger partial charge in [0.05, 0.1) is 58.5 Å². The molecule has 5 fully saturated rings. The zero-order valence-corrected chi connectivity index (χ0v) is 86.0. The van der Waals surface area contributed by atoms with E-state index in [1.807, 2.05) is 13.8 Å². The molecule has 844 valence electrons. The fourth-order valence-corrected chi connectivity index (χ4v) is 15.8. The average molecular weight is 2110 g/mol. The van der Waals surface area contributed by atoms with Gasteiger partial charge < -0.3 is 201 Å². The van der Waals surface area contributed by atoms with E-state index in [0.29, 0.717) is 77.4 Å². The normalized spacial score (nSPS) is 27.0. The summed E-state index contributed by atoms with van der Waals surface area (Å²) in [6.07, 6.45) is -18.4. The molecule has 5 heterocycles. The molecule has 0 aromatic heterocycles. The second kappa shape index (κ2) is 72.1. The van der Waals surface area contributed by atoms with Crippen LogP contribution in [-0.2, 0) is 143 Å². The largest absolute Gasteiger partial charge is 0.463 e. The molecular formula is C92H164N12O42. The van der Waals surface area contributed by atoms with Gasteiger partial charge in [-0.1, -0.05) is 13.8 Å². The lowest BCUT2D eigenvalue weighted by atomic mass is 9.82. The van der Waals surface area contributed by atoms with E-state index in [2.05, 4.69) is 63.8 Å². The summed E-state index contributed by atoms with van der Waals surface area (Å²) in [6.45, 7) is 19.3. The Morgan fingerprint density at radius 1 is 0.301 bits per heavy atom. The predicted molar refractivity (Wildman–Crippen MR) is 507 cm³/mol. The van der Waals surface area contributed by atoms with Crippen molar-refractivity contribution in [3.63, 3.8) is 0 Å². The highest BCUT2D eigenvalue weighted by Gasteiger charge is 2.54. The minimum Gasteiger partial charge on any atom is -0.463 e. The molecule has 11 amide bonds. The average Bonchev–Trinajstić information content (AvgIpc) is 0.779. The first-order valence-corrected chi connectivity index (χ1v) is 49.4. The smallest absolute Gasteiger partial charge is 0.303 e. The van der Waals surface area contributed by atoms with Crippen molar-refractivity contribution in [3.05, 3.63) is 0 Å². The van der Waals surface area contributed by atoms with Crippen molar-refractivity contribution in [2.24, 2.45) is 0 Å². The standard InChI is InChI=1S/C64H116N10O27.C17H27NO9.C11H21NO6/c1-39(2)74-64(18-15-46(81)68-24-30-93-36-49(84)65-21-9-6-12-27-96-61-52(71-40(3)78)58(90)55(87)43(33-75)99-61,19-16-47(82)69-25-31-94-37-50(85)66-22-10-7-13-28-97-62-53(72-41(4)79)59(91)56(88)44(34-76)100-62)20-17-48(83)70-26-32-95-38-51(86)67-23-11-8-14-29-98-63-54(73-42(5)80)60(92)57(89)45(35-77)101-63;1-8(2)24-17-14(18-9(3)19)16(26-12(6)22)15(25-11(5)21)13(27-17)7-23-10(4)20;1-5(2)17-11-8(12-6(3)14)10(16)9(15)7(4-13)18-11/h39,43-45,52-63,74-77,87-92H,6-38H2,1-5H3,(H,65,84)(H,66,85)(H,67,86)(H,68,81)(H,69,82)(H,70,83)(H,71,78)(H,72,79)(H,73,80);8,13-17H,7H2,1-6H3,(H,18,19);5,7-11,13,15-16H,4H2,1-3H3,(H,12,14)/t43-,44-,45-,52+,53+,54+,55+,56+,57+,58-,59-,60-,61-,62-,63-;13-,14-,15+,16-,17-;7-,8-,9+,10-,11-/m111/s1. The number of hydrogen-bond donors (Lipinski definition) is 24. The van der Waals surface area contributed by atoms with Crippen LogP contribution in [0.25, 0.3) is 0 Å². The Bertz CT molecular complexity index is 3610. The molecule has 54 heteroatoms. The fourth-order valence-electron chi connectivity index (χ4n) is 15.8. The first kappa shape index (κ1) is 132. The number of nitrogens with one attached hydrogen (secondary N) is 12. The van der Waals surface area contributed by atoms with Gasteiger partial charge in [-0.25, -0.2) is 0 Å². The first-order valence-electron chi connectivity index (χ1n) is 49.4. The molecule has 146 heavy (non-hydrogen) atoms. The molecule has 5 aliphatic heterocycles. The molecule has 0 unspecified atom stereocenters. The van der Waals surface area contributed by atoms with Crippen molar-refractivity contribution in [3.8, 4) is 0 Å². The molecule has 0 saturated carbocycles. The van der Waals surface area contributed by atoms with E-state index in [4.69, 9.17) is 80.9 Å². The van der Waals surface area contributed by atoms with Gasteiger partial charge in [-0.15, -0.1) is 0 Å². The summed E-state index contributed by atoms with van der Waals surface area (Å²) in [5.41, 5.74) is -0.902. The number of rotatable bonds is 64. The Hall–Kier alpha value is -8.46. The van der Waals surface area contributed by atoms with Crippen molar-refractivity contribution in [2.75, 3.05) is 132 Å². The molecule has 0 radical (unpaired) electrons. The lowest BCUT2D eigenvalue weighted by molar-refractivity contribution is -0.285. The van der Waals surface area contributed by atoms with E-state index in [-0.39, 0.29) is 184 Å². The Labute approximate surface area is 849 Å². The minimum absolute atomic E-state index is 0.00895. The minimum atomic E-state index is -1.43. The maximum atomic E-state index is 13.3. The van der Waals surface area contributed by atoms with Crippen molar-refractivity contribution in [2.45, 2.75) is 370 Å². The number of carbonyl (C=O) groups excluding carboxylic acids is 14. The number of esters is 3. The summed E-state index contributed by atoms with van der Waals surface area (Å²) in [5.74, 6) is -6.21. The number of carbonyl (C=O) groups is 14. The molecule has 0 aromatic carbocycles. The van der Waals surface area contributed by atoms with Gasteiger partial charge in [0.2, 0.25) is 65.0 Å². The monoisotopic (exact) mass is 2110 g/mol. The maximum absolute atomic E-state index is 13.3. The molecule has 54 nitrogen and oxygen atoms in total. The van der Waals surface area contributed by atoms with Crippen molar-refractivity contribution >= 4 is 82.9 Å². The van der Waals surface area contributed by atoms with E-state index in [1.54, 1.807) is 27.7 Å². The van der Waals surface area contributed by atoms with Crippen LogP contribution in [0.3, 0.4) is 0 Å². The number of hydrogen-bond acceptors (Lipinski definition) is 43. The maximum Gasteiger partial charge on any atom is 0.303 e. The van der Waals surface area contributed by atoms with Crippen LogP contribution in [0.5, 0.6) is 0 Å². The lowest BCUT2D eigenvalue weighted by Gasteiger charge is -2.45. The van der Waals surface area contributed by atoms with Gasteiger partial charge in [0.1, 0.15) is 136 Å². The van der Waals surface area contributed by atoms with Crippen LogP contribution in [0.4, 0.5) is 0 Å². The molecule has 5 rings (SSSR count). The summed E-state index contributed by atoms with van der Waals surface area (Å²) >= 11 is 0. The second-order valence-electron chi connectivity index (χ2n) is 36.5. The van der Waals surface area contributed by atoms with Gasteiger partial charge in [-0.3, -0.25) is 67.1 Å². The van der Waals surface area contributed by atoms with Gasteiger partial charge in [0, 0.05) is 145 Å². The lowest BCUT2D eigenvalue weighted by Crippen LogP contribution is -2.66. The van der Waals surface area contributed by atoms with Crippen molar-refractivity contribution < 1.29 is 204 Å². The molecular weight excluding hydrogens is 1950 g/mol. The highest BCUT2D eigenvalue weighted by molar-refractivity contribution is 5.80. The Morgan fingerprint density at radius 3 is 0.842 bits per heavy atom. The SMILES string of the molecule is CC(=O)N[C@@H]1[C@H](OCCCCCNC(=O)COCCNC(=O)CCC(CCC(=O)NCCOCC(=O)NCCCCCO[C@@H]2O[C@H](CO)[C@H](O)[C@H](O)[C@@H]2NC(C)=O)(CCC(=O)NCCOCC(=O)NCCCCCO[C@@H]2O[C@H](CO)[C@H](O)[C@H](O)[C@@H]2NC(C)=O)NC(C)C)O[C@H](CO)[C@H](O)[C@@H]1O.CC(=O)N[C@H]1[C@H](OC(C)C)O[C@H](CO)[C@H](O)[C@@H]1O.CC(=O)N[C@H]1[C@H](OC(C)C)O[C@H](COC(C)=O)[C@H](OC(C)=O)[C@@H]1OC(C)=O. The summed E-state index contributed by atoms with van der Waals surface area (Å²) in [7, 11) is 0. The quantitative estimate of drug-likeness (QED) is 0.0153. The number of unbranched alkanes of at least 4 members (excludes halogenated alkanes) is 6. The molecule has 0 spiro atoms. The molecule has 0 aliphatic carbocycles. The third kappa shape index (κ3) is 51.8. The zero-order chi connectivity index (χ0) is 109. The summed E-state index contributed by atoms with van der Waals surface area (Å²) in [4.78, 5) is 170. The van der Waals surface area contributed by atoms with Gasteiger partial charge in [-0.05, 0) is 105 Å². The summed E-state index contributed by atoms with van der Waals surface area (Å²) in [5, 5.41) is 152. The molecule has 0 bridgehead atoms. The number of amides is 11. The molecule has 5 saturated heterocycles. The van der Waals surface area contributed by atoms with Crippen LogP contribution in [0.2, 0.25) is 0 Å². The zero-order valence-electron chi connectivity index (χ0n) is 86.0. The Balaban J connectivity index is 0.000000983. The third-order valence-corrected chi connectivity index (χ3v) is 22.7. The van der Waals surface area contributed by atoms with Crippen LogP contribution >= 0.6 is 0 Å². The van der Waals surface area contributed by atoms with Crippen LogP contribution in [0.1, 0.15) is 193 Å². The Morgan fingerprint density at radius 2 is 0.568 bits per heavy atom. The van der Waals surface area contributed by atoms with Gasteiger partial charge in [0.15, 0.2) is 43.7 Å². The van der Waals surface area contributed by atoms with Crippen molar-refractivity contribution in [1.29, 1.82) is 0 Å². The van der Waals surface area contributed by atoms with Crippen LogP contribution in [0.15, 0.2) is 0 Å². The van der Waals surface area contributed by atoms with Gasteiger partial charge in [0.25, 0.3) is 0 Å². The topological polar surface area (TPSA) is 774 Å². The van der Waals surface area contributed by atoms with E-state index < -0.39 is 227 Å². The fraction of sp³-hybridized carbons (Fsp3) is 0.848. The number of ether oxygens (including phenoxy) is 16. The number of aliphatic hydroxyl groups excluding tert-OH is 12. The van der Waals surface area contributed by atoms with E-state index in [0.717, 1.165) is 0 Å². The molecule has 0 aromatic rings. The highest BCUT2D eigenvalue weighted by Crippen LogP contribution is 2.32. The first-order chi connectivity index (χ1) is 69.1.